The summed E-state index contributed by atoms with van der Waals surface area (Å²) in [5.74, 6) is -0.159. The van der Waals surface area contributed by atoms with Gasteiger partial charge in [0.25, 0.3) is 0 Å². The summed E-state index contributed by atoms with van der Waals surface area (Å²) in [5, 5.41) is 3.00. The lowest BCUT2D eigenvalue weighted by Gasteiger charge is -2.32. The van der Waals surface area contributed by atoms with Crippen molar-refractivity contribution in [3.05, 3.63) is 137 Å². The second-order valence-corrected chi connectivity index (χ2v) is 8.98. The van der Waals surface area contributed by atoms with Gasteiger partial charge in [-0.05, 0) is 41.3 Å². The van der Waals surface area contributed by atoms with Crippen LogP contribution in [0.4, 0.5) is 4.39 Å². The van der Waals surface area contributed by atoms with Crippen LogP contribution < -0.4 is 10.1 Å². The van der Waals surface area contributed by atoms with Crippen LogP contribution in [0.2, 0.25) is 0 Å². The second-order valence-electron chi connectivity index (χ2n) is 8.98. The van der Waals surface area contributed by atoms with Crippen molar-refractivity contribution in [1.29, 1.82) is 0 Å². The second kappa shape index (κ2) is 13.2. The Morgan fingerprint density at radius 3 is 2.13 bits per heavy atom. The maximum Gasteiger partial charge on any atom is 0.247 e. The molecule has 0 spiro atoms. The van der Waals surface area contributed by atoms with E-state index in [4.69, 9.17) is 4.74 Å². The number of amides is 2. The van der Waals surface area contributed by atoms with Crippen molar-refractivity contribution in [3.63, 3.8) is 0 Å². The Morgan fingerprint density at radius 2 is 1.45 bits per heavy atom. The zero-order valence-electron chi connectivity index (χ0n) is 21.3. The third-order valence-electron chi connectivity index (χ3n) is 6.38. The number of benzene rings is 4. The third kappa shape index (κ3) is 7.07. The number of rotatable bonds is 11. The number of nitrogens with one attached hydrogen (secondary N) is 1. The molecule has 0 heterocycles. The number of ether oxygens (including phenoxy) is 1. The minimum absolute atomic E-state index is 0.162. The molecule has 6 heteroatoms. The summed E-state index contributed by atoms with van der Waals surface area (Å²) in [4.78, 5) is 29.1. The molecule has 2 amide bonds. The van der Waals surface area contributed by atoms with Crippen molar-refractivity contribution >= 4 is 11.8 Å². The summed E-state index contributed by atoms with van der Waals surface area (Å²) in [5.41, 5.74) is 3.30. The van der Waals surface area contributed by atoms with Gasteiger partial charge in [0.15, 0.2) is 0 Å². The summed E-state index contributed by atoms with van der Waals surface area (Å²) in [6.07, 6.45) is 0.776. The Bertz CT molecular complexity index is 1330. The van der Waals surface area contributed by atoms with E-state index in [0.29, 0.717) is 17.7 Å². The van der Waals surface area contributed by atoms with Gasteiger partial charge in [0.05, 0.1) is 7.11 Å². The molecule has 4 aromatic carbocycles. The van der Waals surface area contributed by atoms with E-state index < -0.39 is 6.04 Å². The summed E-state index contributed by atoms with van der Waals surface area (Å²) < 4.78 is 19.0. The molecular weight excluding hydrogens is 479 g/mol. The number of carbonyl (C=O) groups is 2. The number of nitrogens with zero attached hydrogens (tertiary/aromatic N) is 1. The van der Waals surface area contributed by atoms with Crippen LogP contribution in [-0.4, -0.2) is 23.8 Å². The molecule has 4 aromatic rings. The van der Waals surface area contributed by atoms with E-state index >= 15 is 0 Å². The normalized spacial score (nSPS) is 11.4. The summed E-state index contributed by atoms with van der Waals surface area (Å²) in [6, 6.07) is 31.6. The molecule has 1 N–H and O–H groups in total. The predicted octanol–water partition coefficient (Wildman–Crippen LogP) is 5.85. The van der Waals surface area contributed by atoms with Gasteiger partial charge in [-0.25, -0.2) is 4.39 Å². The Kier molecular flexibility index (Phi) is 9.24. The van der Waals surface area contributed by atoms with E-state index in [0.717, 1.165) is 16.7 Å². The van der Waals surface area contributed by atoms with Crippen molar-refractivity contribution in [2.75, 3.05) is 7.11 Å². The maximum atomic E-state index is 13.8. The summed E-state index contributed by atoms with van der Waals surface area (Å²) in [7, 11) is 1.59. The van der Waals surface area contributed by atoms with Gasteiger partial charge in [-0.1, -0.05) is 91.0 Å². The first-order valence-electron chi connectivity index (χ1n) is 12.6. The van der Waals surface area contributed by atoms with Crippen molar-refractivity contribution in [2.45, 2.75) is 32.0 Å². The van der Waals surface area contributed by atoms with Crippen molar-refractivity contribution in [2.24, 2.45) is 0 Å². The third-order valence-corrected chi connectivity index (χ3v) is 6.38. The molecule has 0 aliphatic rings. The first kappa shape index (κ1) is 26.6. The highest BCUT2D eigenvalue weighted by atomic mass is 19.1. The maximum absolute atomic E-state index is 13.8. The van der Waals surface area contributed by atoms with Gasteiger partial charge in [-0.15, -0.1) is 0 Å². The van der Waals surface area contributed by atoms with Crippen LogP contribution in [0.5, 0.6) is 5.75 Å². The van der Waals surface area contributed by atoms with E-state index in [2.05, 4.69) is 5.32 Å². The van der Waals surface area contributed by atoms with E-state index in [9.17, 15) is 14.0 Å². The van der Waals surface area contributed by atoms with Gasteiger partial charge in [-0.3, -0.25) is 9.59 Å². The van der Waals surface area contributed by atoms with Crippen LogP contribution in [0.1, 0.15) is 34.7 Å². The molecular formula is C32H31FN2O3. The van der Waals surface area contributed by atoms with Gasteiger partial charge in [0.2, 0.25) is 11.8 Å². The monoisotopic (exact) mass is 510 g/mol. The number of carbonyl (C=O) groups excluding carboxylic acids is 2. The molecule has 0 radical (unpaired) electrons. The van der Waals surface area contributed by atoms with Crippen molar-refractivity contribution < 1.29 is 18.7 Å². The van der Waals surface area contributed by atoms with Crippen LogP contribution in [0.15, 0.2) is 109 Å². The summed E-state index contributed by atoms with van der Waals surface area (Å²) >= 11 is 0. The molecule has 194 valence electrons. The smallest absolute Gasteiger partial charge is 0.247 e. The quantitative estimate of drug-likeness (QED) is 0.275. The molecule has 0 aromatic heterocycles. The predicted molar refractivity (Wildman–Crippen MR) is 146 cm³/mol. The van der Waals surface area contributed by atoms with Gasteiger partial charge >= 0.3 is 0 Å². The van der Waals surface area contributed by atoms with Crippen LogP contribution in [0.25, 0.3) is 0 Å². The minimum atomic E-state index is -0.876. The fourth-order valence-electron chi connectivity index (χ4n) is 4.39. The lowest BCUT2D eigenvalue weighted by Crippen LogP contribution is -2.43. The zero-order chi connectivity index (χ0) is 26.7. The number of methoxy groups -OCH3 is 1. The molecule has 1 atom stereocenters. The zero-order valence-corrected chi connectivity index (χ0v) is 21.3. The fraction of sp³-hybridized carbons (Fsp3) is 0.188. The van der Waals surface area contributed by atoms with Gasteiger partial charge < -0.3 is 15.0 Å². The average molecular weight is 511 g/mol. The highest BCUT2D eigenvalue weighted by molar-refractivity contribution is 5.89. The van der Waals surface area contributed by atoms with Crippen molar-refractivity contribution in [3.8, 4) is 5.75 Å². The largest absolute Gasteiger partial charge is 0.496 e. The Morgan fingerprint density at radius 1 is 0.816 bits per heavy atom. The number of hydrogen-bond acceptors (Lipinski definition) is 3. The fourth-order valence-corrected chi connectivity index (χ4v) is 4.39. The van der Waals surface area contributed by atoms with Crippen LogP contribution in [0.3, 0.4) is 0 Å². The Balaban J connectivity index is 1.63. The Hall–Kier alpha value is -4.45. The van der Waals surface area contributed by atoms with E-state index in [-0.39, 0.29) is 37.1 Å². The van der Waals surface area contributed by atoms with E-state index in [1.165, 1.54) is 12.1 Å². The molecule has 0 unspecified atom stereocenters. The molecule has 0 fully saturated rings. The lowest BCUT2D eigenvalue weighted by atomic mass is 10.0. The molecule has 4 rings (SSSR count). The molecule has 0 bridgehead atoms. The summed E-state index contributed by atoms with van der Waals surface area (Å²) in [6.45, 7) is 0.407. The number of hydrogen-bond donors (Lipinski definition) is 1. The lowest BCUT2D eigenvalue weighted by molar-refractivity contribution is -0.141. The number of para-hydroxylation sites is 1. The van der Waals surface area contributed by atoms with E-state index in [1.807, 2.05) is 84.9 Å². The van der Waals surface area contributed by atoms with Crippen LogP contribution in [-0.2, 0) is 29.1 Å². The molecule has 0 aliphatic heterocycles. The van der Waals surface area contributed by atoms with Gasteiger partial charge in [0.1, 0.15) is 17.6 Å². The average Bonchev–Trinajstić information content (AvgIpc) is 2.96. The molecule has 5 nitrogen and oxygen atoms in total. The Labute approximate surface area is 222 Å². The van der Waals surface area contributed by atoms with E-state index in [1.54, 1.807) is 24.1 Å². The molecule has 0 saturated carbocycles. The number of aryl methyl sites for hydroxylation is 1. The first-order valence-corrected chi connectivity index (χ1v) is 12.6. The minimum Gasteiger partial charge on any atom is -0.496 e. The SMILES string of the molecule is COc1ccccc1CNC(=O)[C@H](c1ccccc1)N(Cc1ccc(F)cc1)C(=O)CCc1ccccc1. The number of halogens is 1. The highest BCUT2D eigenvalue weighted by Crippen LogP contribution is 2.26. The van der Waals surface area contributed by atoms with Gasteiger partial charge in [0, 0.05) is 25.1 Å². The highest BCUT2D eigenvalue weighted by Gasteiger charge is 2.31. The molecule has 0 saturated heterocycles. The first-order chi connectivity index (χ1) is 18.5. The topological polar surface area (TPSA) is 58.6 Å². The van der Waals surface area contributed by atoms with Crippen LogP contribution >= 0.6 is 0 Å². The van der Waals surface area contributed by atoms with Crippen molar-refractivity contribution in [1.82, 2.24) is 10.2 Å². The molecule has 38 heavy (non-hydrogen) atoms. The standard InChI is InChI=1S/C32H31FN2O3/c1-38-29-15-9-8-14-27(29)22-34-32(37)31(26-12-6-3-7-13-26)35(23-25-16-19-28(33)20-17-25)30(36)21-18-24-10-4-2-5-11-24/h2-17,19-20,31H,18,21-23H2,1H3,(H,34,37)/t31-/m0/s1. The van der Waals surface area contributed by atoms with Crippen LogP contribution in [0, 0.1) is 5.82 Å². The molecule has 0 aliphatic carbocycles. The van der Waals surface area contributed by atoms with Gasteiger partial charge in [-0.2, -0.15) is 0 Å².